The minimum absolute atomic E-state index is 0.211. The van der Waals surface area contributed by atoms with Crippen LogP contribution in [0.25, 0.3) is 0 Å². The Bertz CT molecular complexity index is 559. The van der Waals surface area contributed by atoms with E-state index < -0.39 is 17.9 Å². The predicted molar refractivity (Wildman–Crippen MR) is 69.4 cm³/mol. The SMILES string of the molecule is CCCNC(=O)ON1C(=O)c2ccc(Br)cc2C1=O. The van der Waals surface area contributed by atoms with Crippen LogP contribution >= 0.6 is 15.9 Å². The number of nitrogens with zero attached hydrogens (tertiary/aromatic N) is 1. The average Bonchev–Trinajstić information content (AvgIpc) is 2.61. The maximum atomic E-state index is 11.9. The van der Waals surface area contributed by atoms with Gasteiger partial charge < -0.3 is 10.2 Å². The zero-order valence-electron chi connectivity index (χ0n) is 10.1. The number of amides is 3. The summed E-state index contributed by atoms with van der Waals surface area (Å²) in [6.45, 7) is 2.29. The number of benzene rings is 1. The molecule has 0 aliphatic carbocycles. The number of halogens is 1. The Morgan fingerprint density at radius 2 is 2.00 bits per heavy atom. The van der Waals surface area contributed by atoms with Gasteiger partial charge in [0.2, 0.25) is 0 Å². The van der Waals surface area contributed by atoms with E-state index in [9.17, 15) is 14.4 Å². The number of carbonyl (C=O) groups is 3. The van der Waals surface area contributed by atoms with Crippen LogP contribution in [0.4, 0.5) is 4.79 Å². The van der Waals surface area contributed by atoms with Gasteiger partial charge in [0.25, 0.3) is 11.8 Å². The summed E-state index contributed by atoms with van der Waals surface area (Å²) >= 11 is 3.22. The third-order valence-electron chi connectivity index (χ3n) is 2.50. The van der Waals surface area contributed by atoms with E-state index in [1.807, 2.05) is 6.92 Å². The van der Waals surface area contributed by atoms with Crippen molar-refractivity contribution in [1.82, 2.24) is 10.4 Å². The molecular weight excluding hydrogens is 316 g/mol. The predicted octanol–water partition coefficient (Wildman–Crippen LogP) is 2.10. The van der Waals surface area contributed by atoms with Crippen LogP contribution in [0.5, 0.6) is 0 Å². The second-order valence-electron chi connectivity index (χ2n) is 3.90. The van der Waals surface area contributed by atoms with E-state index in [1.165, 1.54) is 12.1 Å². The van der Waals surface area contributed by atoms with Gasteiger partial charge in [0, 0.05) is 11.0 Å². The molecule has 1 aliphatic rings. The maximum Gasteiger partial charge on any atom is 0.432 e. The van der Waals surface area contributed by atoms with Gasteiger partial charge in [-0.2, -0.15) is 0 Å². The summed E-state index contributed by atoms with van der Waals surface area (Å²) in [6, 6.07) is 4.67. The van der Waals surface area contributed by atoms with E-state index in [2.05, 4.69) is 21.2 Å². The van der Waals surface area contributed by atoms with Gasteiger partial charge in [0.1, 0.15) is 0 Å². The van der Waals surface area contributed by atoms with Crippen molar-refractivity contribution >= 4 is 33.8 Å². The van der Waals surface area contributed by atoms with E-state index in [-0.39, 0.29) is 11.1 Å². The standard InChI is InChI=1S/C12H11BrN2O4/c1-2-5-14-12(18)19-15-10(16)8-4-3-7(13)6-9(8)11(15)17/h3-4,6H,2,5H2,1H3,(H,14,18). The molecule has 1 N–H and O–H groups in total. The van der Waals surface area contributed by atoms with Gasteiger partial charge in [-0.1, -0.05) is 27.9 Å². The highest BCUT2D eigenvalue weighted by molar-refractivity contribution is 9.10. The van der Waals surface area contributed by atoms with Crippen molar-refractivity contribution in [3.8, 4) is 0 Å². The number of fused-ring (bicyclic) bond motifs is 1. The van der Waals surface area contributed by atoms with Crippen molar-refractivity contribution in [2.24, 2.45) is 0 Å². The number of hydrogen-bond acceptors (Lipinski definition) is 4. The highest BCUT2D eigenvalue weighted by Crippen LogP contribution is 2.26. The van der Waals surface area contributed by atoms with Gasteiger partial charge in [0.05, 0.1) is 11.1 Å². The number of nitrogens with one attached hydrogen (secondary N) is 1. The summed E-state index contributed by atoms with van der Waals surface area (Å²) in [6.07, 6.45) is -0.0973. The number of hydrogen-bond donors (Lipinski definition) is 1. The summed E-state index contributed by atoms with van der Waals surface area (Å²) in [4.78, 5) is 40.0. The molecule has 0 atom stereocenters. The van der Waals surface area contributed by atoms with Crippen molar-refractivity contribution in [3.63, 3.8) is 0 Å². The van der Waals surface area contributed by atoms with Gasteiger partial charge in [-0.15, -0.1) is 0 Å². The van der Waals surface area contributed by atoms with Gasteiger partial charge >= 0.3 is 6.09 Å². The Kier molecular flexibility index (Phi) is 3.84. The molecule has 0 spiro atoms. The zero-order chi connectivity index (χ0) is 14.0. The first-order chi connectivity index (χ1) is 9.04. The maximum absolute atomic E-state index is 11.9. The van der Waals surface area contributed by atoms with Gasteiger partial charge in [-0.25, -0.2) is 4.79 Å². The van der Waals surface area contributed by atoms with Crippen molar-refractivity contribution in [2.45, 2.75) is 13.3 Å². The molecule has 1 aliphatic heterocycles. The van der Waals surface area contributed by atoms with Crippen LogP contribution in [0, 0.1) is 0 Å². The Morgan fingerprint density at radius 1 is 1.32 bits per heavy atom. The fraction of sp³-hybridized carbons (Fsp3) is 0.250. The molecule has 6 nitrogen and oxygen atoms in total. The second-order valence-corrected chi connectivity index (χ2v) is 4.82. The lowest BCUT2D eigenvalue weighted by atomic mass is 10.1. The topological polar surface area (TPSA) is 75.7 Å². The molecule has 0 aromatic heterocycles. The summed E-state index contributed by atoms with van der Waals surface area (Å²) in [5.74, 6) is -1.29. The Morgan fingerprint density at radius 3 is 2.68 bits per heavy atom. The van der Waals surface area contributed by atoms with E-state index in [0.29, 0.717) is 16.1 Å². The molecule has 0 bridgehead atoms. The number of rotatable bonds is 3. The number of carbonyl (C=O) groups excluding carboxylic acids is 3. The van der Waals surface area contributed by atoms with Crippen LogP contribution in [0.3, 0.4) is 0 Å². The molecule has 0 unspecified atom stereocenters. The molecule has 7 heteroatoms. The average molecular weight is 327 g/mol. The fourth-order valence-corrected chi connectivity index (χ4v) is 1.98. The first-order valence-corrected chi connectivity index (χ1v) is 6.48. The number of imide groups is 1. The molecule has 1 heterocycles. The van der Waals surface area contributed by atoms with Gasteiger partial charge in [-0.05, 0) is 24.6 Å². The van der Waals surface area contributed by atoms with E-state index in [4.69, 9.17) is 4.84 Å². The smallest absolute Gasteiger partial charge is 0.320 e. The lowest BCUT2D eigenvalue weighted by Gasteiger charge is -2.12. The summed E-state index contributed by atoms with van der Waals surface area (Å²) in [7, 11) is 0. The highest BCUT2D eigenvalue weighted by atomic mass is 79.9. The summed E-state index contributed by atoms with van der Waals surface area (Å²) < 4.78 is 0.671. The first kappa shape index (κ1) is 13.5. The Labute approximate surface area is 117 Å². The molecule has 100 valence electrons. The van der Waals surface area contributed by atoms with Crippen LogP contribution < -0.4 is 5.32 Å². The molecule has 0 radical (unpaired) electrons. The second kappa shape index (κ2) is 5.40. The first-order valence-electron chi connectivity index (χ1n) is 5.68. The fourth-order valence-electron chi connectivity index (χ4n) is 1.62. The Balaban J connectivity index is 2.16. The van der Waals surface area contributed by atoms with E-state index in [0.717, 1.165) is 6.42 Å². The highest BCUT2D eigenvalue weighted by Gasteiger charge is 2.38. The van der Waals surface area contributed by atoms with Crippen LogP contribution in [-0.4, -0.2) is 29.5 Å². The zero-order valence-corrected chi connectivity index (χ0v) is 11.7. The largest absolute Gasteiger partial charge is 0.432 e. The quantitative estimate of drug-likeness (QED) is 0.863. The van der Waals surface area contributed by atoms with Gasteiger partial charge in [0.15, 0.2) is 0 Å². The molecule has 3 amide bonds. The molecule has 0 saturated carbocycles. The Hall–Kier alpha value is -1.89. The van der Waals surface area contributed by atoms with E-state index >= 15 is 0 Å². The van der Waals surface area contributed by atoms with Crippen LogP contribution in [0.15, 0.2) is 22.7 Å². The van der Waals surface area contributed by atoms with Crippen molar-refractivity contribution < 1.29 is 19.2 Å². The third kappa shape index (κ3) is 2.60. The summed E-state index contributed by atoms with van der Waals surface area (Å²) in [5.41, 5.74) is 0.430. The van der Waals surface area contributed by atoms with Crippen molar-refractivity contribution in [3.05, 3.63) is 33.8 Å². The van der Waals surface area contributed by atoms with Crippen molar-refractivity contribution in [1.29, 1.82) is 0 Å². The van der Waals surface area contributed by atoms with Crippen LogP contribution in [0.1, 0.15) is 34.1 Å². The lowest BCUT2D eigenvalue weighted by molar-refractivity contribution is -0.0448. The van der Waals surface area contributed by atoms with Gasteiger partial charge in [-0.3, -0.25) is 9.59 Å². The lowest BCUT2D eigenvalue weighted by Crippen LogP contribution is -2.37. The molecule has 1 aromatic carbocycles. The van der Waals surface area contributed by atoms with Crippen molar-refractivity contribution in [2.75, 3.05) is 6.54 Å². The molecular formula is C12H11BrN2O4. The molecule has 1 aromatic rings. The minimum atomic E-state index is -0.824. The monoisotopic (exact) mass is 326 g/mol. The molecule has 2 rings (SSSR count). The third-order valence-corrected chi connectivity index (χ3v) is 3.00. The number of hydroxylamine groups is 2. The minimum Gasteiger partial charge on any atom is -0.320 e. The van der Waals surface area contributed by atoms with Crippen LogP contribution in [0.2, 0.25) is 0 Å². The normalized spacial score (nSPS) is 13.5. The molecule has 0 fully saturated rings. The summed E-state index contributed by atoms with van der Waals surface area (Å²) in [5, 5.41) is 2.90. The molecule has 19 heavy (non-hydrogen) atoms. The molecule has 0 saturated heterocycles. The van der Waals surface area contributed by atoms with E-state index in [1.54, 1.807) is 6.07 Å². The van der Waals surface area contributed by atoms with Crippen LogP contribution in [-0.2, 0) is 4.84 Å².